The van der Waals surface area contributed by atoms with E-state index in [0.717, 1.165) is 40.0 Å². The third-order valence-corrected chi connectivity index (χ3v) is 6.82. The predicted octanol–water partition coefficient (Wildman–Crippen LogP) is 6.20. The van der Waals surface area contributed by atoms with Crippen LogP contribution in [0.3, 0.4) is 0 Å². The van der Waals surface area contributed by atoms with E-state index in [0.29, 0.717) is 15.5 Å². The molecule has 0 spiro atoms. The molecule has 168 valence electrons. The summed E-state index contributed by atoms with van der Waals surface area (Å²) in [5.41, 5.74) is 4.89. The summed E-state index contributed by atoms with van der Waals surface area (Å²) in [5.74, 6) is -0.360. The number of nitro benzene ring substituents is 1. The van der Waals surface area contributed by atoms with Crippen molar-refractivity contribution < 1.29 is 14.5 Å². The second-order valence-electron chi connectivity index (χ2n) is 7.75. The van der Waals surface area contributed by atoms with Gasteiger partial charge in [-0.1, -0.05) is 29.8 Å². The maximum atomic E-state index is 13.0. The topological polar surface area (TPSA) is 85.4 Å². The van der Waals surface area contributed by atoms with Crippen molar-refractivity contribution in [1.82, 2.24) is 9.47 Å². The molecule has 7 nitrogen and oxygen atoms in total. The molecule has 1 aromatic heterocycles. The fourth-order valence-electron chi connectivity index (χ4n) is 3.88. The summed E-state index contributed by atoms with van der Waals surface area (Å²) in [6.45, 7) is 5.77. The molecule has 1 aliphatic rings. The van der Waals surface area contributed by atoms with E-state index in [9.17, 15) is 19.7 Å². The molecule has 1 saturated heterocycles. The number of hydrogen-bond donors (Lipinski definition) is 0. The predicted molar refractivity (Wildman–Crippen MR) is 130 cm³/mol. The minimum atomic E-state index is -0.420. The highest BCUT2D eigenvalue weighted by molar-refractivity contribution is 8.18. The highest BCUT2D eigenvalue weighted by Crippen LogP contribution is 2.35. The molecular weight excluding hydrogens is 462 g/mol. The Morgan fingerprint density at radius 1 is 1.09 bits per heavy atom. The van der Waals surface area contributed by atoms with Crippen LogP contribution >= 0.6 is 23.4 Å². The molecule has 2 amide bonds. The van der Waals surface area contributed by atoms with E-state index >= 15 is 0 Å². The summed E-state index contributed by atoms with van der Waals surface area (Å²) < 4.78 is 1.98. The third-order valence-electron chi connectivity index (χ3n) is 5.55. The van der Waals surface area contributed by atoms with Gasteiger partial charge in [-0.3, -0.25) is 24.6 Å². The molecular formula is C24H20ClN3O4S. The van der Waals surface area contributed by atoms with Gasteiger partial charge in [0.2, 0.25) is 0 Å². The van der Waals surface area contributed by atoms with E-state index in [2.05, 4.69) is 0 Å². The first kappa shape index (κ1) is 22.8. The van der Waals surface area contributed by atoms with Gasteiger partial charge in [-0.25, -0.2) is 0 Å². The quantitative estimate of drug-likeness (QED) is 0.246. The Morgan fingerprint density at radius 2 is 1.82 bits per heavy atom. The van der Waals surface area contributed by atoms with Gasteiger partial charge in [0.15, 0.2) is 0 Å². The number of halogens is 1. The second-order valence-corrected chi connectivity index (χ2v) is 9.15. The van der Waals surface area contributed by atoms with Crippen molar-refractivity contribution in [1.29, 1.82) is 0 Å². The van der Waals surface area contributed by atoms with Gasteiger partial charge in [0, 0.05) is 34.2 Å². The third kappa shape index (κ3) is 4.31. The van der Waals surface area contributed by atoms with Gasteiger partial charge in [0.05, 0.1) is 16.4 Å². The van der Waals surface area contributed by atoms with Crippen molar-refractivity contribution in [2.24, 2.45) is 0 Å². The Hall–Kier alpha value is -3.36. The summed E-state index contributed by atoms with van der Waals surface area (Å²) in [6, 6.07) is 13.8. The molecule has 0 atom stereocenters. The molecule has 0 saturated carbocycles. The normalized spacial score (nSPS) is 15.0. The lowest BCUT2D eigenvalue weighted by atomic mass is 10.1. The number of imide groups is 1. The summed E-state index contributed by atoms with van der Waals surface area (Å²) in [7, 11) is 0. The largest absolute Gasteiger partial charge is 0.318 e. The first-order chi connectivity index (χ1) is 15.7. The van der Waals surface area contributed by atoms with Gasteiger partial charge in [0.1, 0.15) is 0 Å². The number of non-ortho nitro benzene ring substituents is 1. The van der Waals surface area contributed by atoms with Gasteiger partial charge in [-0.05, 0) is 73.5 Å². The maximum absolute atomic E-state index is 13.0. The van der Waals surface area contributed by atoms with Crippen molar-refractivity contribution in [3.8, 4) is 5.69 Å². The number of carbonyl (C=O) groups is 2. The van der Waals surface area contributed by atoms with Crippen LogP contribution in [-0.2, 0) is 11.3 Å². The Bertz CT molecular complexity index is 1350. The number of hydrogen-bond acceptors (Lipinski definition) is 5. The van der Waals surface area contributed by atoms with Crippen LogP contribution in [-0.4, -0.2) is 25.5 Å². The molecule has 0 aliphatic carbocycles. The van der Waals surface area contributed by atoms with Gasteiger partial charge >= 0.3 is 0 Å². The lowest BCUT2D eigenvalue weighted by Crippen LogP contribution is -2.27. The monoisotopic (exact) mass is 481 g/mol. The number of benzene rings is 2. The first-order valence-electron chi connectivity index (χ1n) is 10.1. The van der Waals surface area contributed by atoms with Crippen molar-refractivity contribution in [2.75, 3.05) is 0 Å². The molecule has 0 bridgehead atoms. The lowest BCUT2D eigenvalue weighted by molar-refractivity contribution is -0.384. The fraction of sp³-hybridized carbons (Fsp3) is 0.167. The number of rotatable bonds is 5. The van der Waals surface area contributed by atoms with Crippen molar-refractivity contribution >= 4 is 46.3 Å². The molecule has 9 heteroatoms. The zero-order chi connectivity index (χ0) is 23.9. The number of amides is 2. The lowest BCUT2D eigenvalue weighted by Gasteiger charge is -2.13. The molecule has 1 aliphatic heterocycles. The van der Waals surface area contributed by atoms with E-state index in [-0.39, 0.29) is 23.4 Å². The molecule has 2 aromatic carbocycles. The number of aromatic nitrogens is 1. The van der Waals surface area contributed by atoms with Gasteiger partial charge in [0.25, 0.3) is 16.8 Å². The molecule has 0 unspecified atom stereocenters. The smallest absolute Gasteiger partial charge is 0.293 e. The molecule has 1 fully saturated rings. The number of aryl methyl sites for hydroxylation is 2. The van der Waals surface area contributed by atoms with E-state index < -0.39 is 4.92 Å². The number of nitrogens with zero attached hydrogens (tertiary/aromatic N) is 3. The van der Waals surface area contributed by atoms with Crippen molar-refractivity contribution in [2.45, 2.75) is 27.3 Å². The Balaban J connectivity index is 1.65. The van der Waals surface area contributed by atoms with Crippen LogP contribution < -0.4 is 0 Å². The average Bonchev–Trinajstić information content (AvgIpc) is 3.19. The van der Waals surface area contributed by atoms with Gasteiger partial charge in [-0.2, -0.15) is 0 Å². The molecule has 0 radical (unpaired) electrons. The maximum Gasteiger partial charge on any atom is 0.293 e. The molecule has 33 heavy (non-hydrogen) atoms. The summed E-state index contributed by atoms with van der Waals surface area (Å²) >= 11 is 7.09. The van der Waals surface area contributed by atoms with E-state index in [4.69, 9.17) is 11.6 Å². The Kier molecular flexibility index (Phi) is 6.14. The van der Waals surface area contributed by atoms with Crippen LogP contribution in [0.1, 0.15) is 28.1 Å². The van der Waals surface area contributed by atoms with Crippen molar-refractivity contribution in [3.63, 3.8) is 0 Å². The van der Waals surface area contributed by atoms with Gasteiger partial charge in [-0.15, -0.1) is 0 Å². The second kappa shape index (κ2) is 8.88. The average molecular weight is 482 g/mol. The highest BCUT2D eigenvalue weighted by Gasteiger charge is 2.35. The highest BCUT2D eigenvalue weighted by atomic mass is 35.5. The van der Waals surface area contributed by atoms with Crippen LogP contribution in [0, 0.1) is 30.9 Å². The van der Waals surface area contributed by atoms with Crippen molar-refractivity contribution in [3.05, 3.63) is 96.7 Å². The van der Waals surface area contributed by atoms with E-state index in [1.165, 1.54) is 17.0 Å². The molecule has 2 heterocycles. The summed E-state index contributed by atoms with van der Waals surface area (Å²) in [6.07, 6.45) is 1.72. The van der Waals surface area contributed by atoms with Crippen LogP contribution in [0.25, 0.3) is 11.8 Å². The Labute approximate surface area is 199 Å². The number of nitro groups is 1. The molecule has 4 rings (SSSR count). The minimum absolute atomic E-state index is 0.0335. The standard InChI is InChI=1S/C24H20ClN3O4S/c1-14-10-19(28(31)32)8-9-21(14)27-15(2)11-18(16(27)3)12-22-23(29)26(24(30)33-22)13-17-6-4-5-7-20(17)25/h4-12H,13H2,1-3H3/b22-12-. The summed E-state index contributed by atoms with van der Waals surface area (Å²) in [4.78, 5) is 37.7. The van der Waals surface area contributed by atoms with Gasteiger partial charge < -0.3 is 4.57 Å². The van der Waals surface area contributed by atoms with E-state index in [1.54, 1.807) is 30.3 Å². The van der Waals surface area contributed by atoms with E-state index in [1.807, 2.05) is 37.5 Å². The molecule has 3 aromatic rings. The summed E-state index contributed by atoms with van der Waals surface area (Å²) in [5, 5.41) is 11.2. The SMILES string of the molecule is Cc1cc([N+](=O)[O-])ccc1-n1c(C)cc(/C=C2\SC(=O)N(Cc3ccccc3Cl)C2=O)c1C. The number of carbonyl (C=O) groups excluding carboxylic acids is 2. The van der Waals surface area contributed by atoms with Crippen LogP contribution in [0.15, 0.2) is 53.4 Å². The Morgan fingerprint density at radius 3 is 2.48 bits per heavy atom. The molecule has 0 N–H and O–H groups in total. The minimum Gasteiger partial charge on any atom is -0.318 e. The zero-order valence-electron chi connectivity index (χ0n) is 18.2. The van der Waals surface area contributed by atoms with Crippen LogP contribution in [0.4, 0.5) is 10.5 Å². The fourth-order valence-corrected chi connectivity index (χ4v) is 4.91. The van der Waals surface area contributed by atoms with Crippen LogP contribution in [0.2, 0.25) is 5.02 Å². The van der Waals surface area contributed by atoms with Crippen LogP contribution in [0.5, 0.6) is 0 Å². The zero-order valence-corrected chi connectivity index (χ0v) is 19.7. The number of thioether (sulfide) groups is 1. The first-order valence-corrected chi connectivity index (χ1v) is 11.3.